The van der Waals surface area contributed by atoms with Crippen molar-refractivity contribution in [1.82, 2.24) is 10.0 Å². The van der Waals surface area contributed by atoms with Gasteiger partial charge in [-0.25, -0.2) is 13.1 Å². The van der Waals surface area contributed by atoms with E-state index in [9.17, 15) is 8.42 Å². The highest BCUT2D eigenvalue weighted by Crippen LogP contribution is 2.12. The number of hydrogen-bond acceptors (Lipinski definition) is 4. The Morgan fingerprint density at radius 2 is 2.05 bits per heavy atom. The van der Waals surface area contributed by atoms with Gasteiger partial charge in [0.05, 0.1) is 4.90 Å². The molecule has 0 fully saturated rings. The maximum absolute atomic E-state index is 12.3. The maximum Gasteiger partial charge on any atom is 0.240 e. The first-order chi connectivity index (χ1) is 10.1. The summed E-state index contributed by atoms with van der Waals surface area (Å²) in [5.74, 6) is 0. The molecule has 2 rings (SSSR count). The average Bonchev–Trinajstić information content (AvgIpc) is 2.98. The molecule has 114 valence electrons. The minimum Gasteiger partial charge on any atom is -0.313 e. The molecule has 1 aromatic carbocycles. The van der Waals surface area contributed by atoms with Crippen molar-refractivity contribution in [2.75, 3.05) is 13.1 Å². The molecule has 0 spiro atoms. The second-order valence-corrected chi connectivity index (χ2v) is 7.45. The molecule has 0 amide bonds. The first kappa shape index (κ1) is 16.2. The van der Waals surface area contributed by atoms with E-state index in [1.54, 1.807) is 29.5 Å². The van der Waals surface area contributed by atoms with Crippen molar-refractivity contribution in [3.63, 3.8) is 0 Å². The average molecular weight is 324 g/mol. The molecule has 0 atom stereocenters. The summed E-state index contributed by atoms with van der Waals surface area (Å²) >= 11 is 1.64. The van der Waals surface area contributed by atoms with E-state index < -0.39 is 10.0 Å². The van der Waals surface area contributed by atoms with Crippen LogP contribution < -0.4 is 10.0 Å². The molecule has 0 aliphatic heterocycles. The highest BCUT2D eigenvalue weighted by molar-refractivity contribution is 7.89. The minimum absolute atomic E-state index is 0.323. The molecule has 6 heteroatoms. The van der Waals surface area contributed by atoms with Crippen LogP contribution in [0.2, 0.25) is 0 Å². The second kappa shape index (κ2) is 7.70. The molecule has 0 radical (unpaired) electrons. The van der Waals surface area contributed by atoms with Crippen molar-refractivity contribution in [3.8, 4) is 0 Å². The Labute approximate surface area is 130 Å². The Morgan fingerprint density at radius 3 is 2.76 bits per heavy atom. The molecule has 0 aliphatic carbocycles. The van der Waals surface area contributed by atoms with Gasteiger partial charge in [0.25, 0.3) is 0 Å². The molecule has 21 heavy (non-hydrogen) atoms. The molecule has 0 unspecified atom stereocenters. The maximum atomic E-state index is 12.3. The summed E-state index contributed by atoms with van der Waals surface area (Å²) in [5, 5.41) is 5.19. The fourth-order valence-electron chi connectivity index (χ4n) is 1.94. The normalized spacial score (nSPS) is 11.7. The number of rotatable bonds is 8. The van der Waals surface area contributed by atoms with E-state index in [0.717, 1.165) is 12.1 Å². The SMILES string of the molecule is CCNCc1cccc(S(=O)(=O)NCCc2cccs2)c1. The van der Waals surface area contributed by atoms with E-state index in [-0.39, 0.29) is 0 Å². The lowest BCUT2D eigenvalue weighted by atomic mass is 10.2. The van der Waals surface area contributed by atoms with Crippen LogP contribution in [0, 0.1) is 0 Å². The van der Waals surface area contributed by atoms with Crippen LogP contribution in [-0.4, -0.2) is 21.5 Å². The van der Waals surface area contributed by atoms with Crippen molar-refractivity contribution < 1.29 is 8.42 Å². The molecule has 4 nitrogen and oxygen atoms in total. The molecular weight excluding hydrogens is 304 g/mol. The number of benzene rings is 1. The van der Waals surface area contributed by atoms with Gasteiger partial charge in [-0.15, -0.1) is 11.3 Å². The van der Waals surface area contributed by atoms with E-state index in [1.165, 1.54) is 4.88 Å². The Bertz CT molecular complexity index is 652. The lowest BCUT2D eigenvalue weighted by Gasteiger charge is -2.08. The van der Waals surface area contributed by atoms with Crippen LogP contribution in [0.3, 0.4) is 0 Å². The molecule has 1 aromatic heterocycles. The summed E-state index contributed by atoms with van der Waals surface area (Å²) in [6.07, 6.45) is 0.716. The van der Waals surface area contributed by atoms with Crippen molar-refractivity contribution in [3.05, 3.63) is 52.2 Å². The summed E-state index contributed by atoms with van der Waals surface area (Å²) in [6, 6.07) is 11.0. The van der Waals surface area contributed by atoms with Gasteiger partial charge in [-0.3, -0.25) is 0 Å². The van der Waals surface area contributed by atoms with Gasteiger partial charge in [0.15, 0.2) is 0 Å². The smallest absolute Gasteiger partial charge is 0.240 e. The van der Waals surface area contributed by atoms with Gasteiger partial charge < -0.3 is 5.32 Å². The van der Waals surface area contributed by atoms with Crippen LogP contribution in [0.4, 0.5) is 0 Å². The third-order valence-corrected chi connectivity index (χ3v) is 5.43. The largest absolute Gasteiger partial charge is 0.313 e. The molecule has 0 bridgehead atoms. The number of sulfonamides is 1. The molecule has 0 saturated carbocycles. The molecule has 0 aliphatic rings. The van der Waals surface area contributed by atoms with Gasteiger partial charge >= 0.3 is 0 Å². The van der Waals surface area contributed by atoms with Gasteiger partial charge in [-0.2, -0.15) is 0 Å². The zero-order valence-electron chi connectivity index (χ0n) is 12.0. The van der Waals surface area contributed by atoms with Gasteiger partial charge in [-0.05, 0) is 42.1 Å². The predicted octanol–water partition coefficient (Wildman–Crippen LogP) is 2.38. The third-order valence-electron chi connectivity index (χ3n) is 3.03. The van der Waals surface area contributed by atoms with Crippen LogP contribution in [0.25, 0.3) is 0 Å². The van der Waals surface area contributed by atoms with Crippen LogP contribution >= 0.6 is 11.3 Å². The Morgan fingerprint density at radius 1 is 1.19 bits per heavy atom. The van der Waals surface area contributed by atoms with E-state index in [0.29, 0.717) is 24.4 Å². The molecular formula is C15H20N2O2S2. The zero-order chi connectivity index (χ0) is 15.1. The van der Waals surface area contributed by atoms with Crippen LogP contribution in [0.1, 0.15) is 17.4 Å². The topological polar surface area (TPSA) is 58.2 Å². The Hall–Kier alpha value is -1.21. The van der Waals surface area contributed by atoms with Crippen molar-refractivity contribution in [2.45, 2.75) is 24.8 Å². The van der Waals surface area contributed by atoms with E-state index in [2.05, 4.69) is 10.0 Å². The zero-order valence-corrected chi connectivity index (χ0v) is 13.6. The highest BCUT2D eigenvalue weighted by Gasteiger charge is 2.13. The van der Waals surface area contributed by atoms with E-state index >= 15 is 0 Å². The first-order valence-electron chi connectivity index (χ1n) is 6.93. The van der Waals surface area contributed by atoms with Gasteiger partial charge in [-0.1, -0.05) is 25.1 Å². The number of thiophene rings is 1. The third kappa shape index (κ3) is 4.93. The second-order valence-electron chi connectivity index (χ2n) is 4.65. The van der Waals surface area contributed by atoms with Gasteiger partial charge in [0.1, 0.15) is 0 Å². The lowest BCUT2D eigenvalue weighted by Crippen LogP contribution is -2.26. The first-order valence-corrected chi connectivity index (χ1v) is 9.30. The summed E-state index contributed by atoms with van der Waals surface area (Å²) in [7, 11) is -3.43. The summed E-state index contributed by atoms with van der Waals surface area (Å²) in [5.41, 5.74) is 0.970. The van der Waals surface area contributed by atoms with E-state index in [4.69, 9.17) is 0 Å². The minimum atomic E-state index is -3.43. The van der Waals surface area contributed by atoms with Gasteiger partial charge in [0, 0.05) is 18.0 Å². The molecule has 0 saturated heterocycles. The Kier molecular flexibility index (Phi) is 5.93. The van der Waals surface area contributed by atoms with Crippen LogP contribution in [-0.2, 0) is 23.0 Å². The van der Waals surface area contributed by atoms with Gasteiger partial charge in [0.2, 0.25) is 10.0 Å². The lowest BCUT2D eigenvalue weighted by molar-refractivity contribution is 0.581. The monoisotopic (exact) mass is 324 g/mol. The summed E-state index contributed by atoms with van der Waals surface area (Å²) in [6.45, 7) is 3.97. The fourth-order valence-corrected chi connectivity index (χ4v) is 3.75. The Balaban J connectivity index is 1.98. The standard InChI is InChI=1S/C15H20N2O2S2/c1-2-16-12-13-5-3-7-15(11-13)21(18,19)17-9-8-14-6-4-10-20-14/h3-7,10-11,16-17H,2,8-9,12H2,1H3. The quantitative estimate of drug-likeness (QED) is 0.784. The molecule has 1 heterocycles. The number of hydrogen-bond donors (Lipinski definition) is 2. The van der Waals surface area contributed by atoms with Crippen LogP contribution in [0.5, 0.6) is 0 Å². The fraction of sp³-hybridized carbons (Fsp3) is 0.333. The summed E-state index contributed by atoms with van der Waals surface area (Å²) in [4.78, 5) is 1.50. The van der Waals surface area contributed by atoms with E-state index in [1.807, 2.05) is 30.5 Å². The number of nitrogens with one attached hydrogen (secondary N) is 2. The predicted molar refractivity (Wildman–Crippen MR) is 87.0 cm³/mol. The van der Waals surface area contributed by atoms with Crippen LogP contribution in [0.15, 0.2) is 46.7 Å². The van der Waals surface area contributed by atoms with Crippen molar-refractivity contribution >= 4 is 21.4 Å². The molecule has 2 aromatic rings. The molecule has 2 N–H and O–H groups in total. The van der Waals surface area contributed by atoms with Crippen molar-refractivity contribution in [2.24, 2.45) is 0 Å². The highest BCUT2D eigenvalue weighted by atomic mass is 32.2. The van der Waals surface area contributed by atoms with Crippen molar-refractivity contribution in [1.29, 1.82) is 0 Å². The summed E-state index contributed by atoms with van der Waals surface area (Å²) < 4.78 is 27.2.